The van der Waals surface area contributed by atoms with E-state index in [1.807, 2.05) is 24.3 Å². The lowest BCUT2D eigenvalue weighted by atomic mass is 9.94. The summed E-state index contributed by atoms with van der Waals surface area (Å²) in [5.74, 6) is 1.08. The standard InChI is InChI=1S/C23H26FN3O/c1-2-27-11-8-17(9-12-27)10-13-28-23-21-15-19(6-7-22(21)25-16-26-23)18-4-3-5-20(24)14-18/h3-7,14-17H,2,8-13H2,1H3. The molecule has 0 saturated carbocycles. The van der Waals surface area contributed by atoms with Crippen LogP contribution in [0.25, 0.3) is 22.0 Å². The number of likely N-dealkylation sites (tertiary alicyclic amines) is 1. The summed E-state index contributed by atoms with van der Waals surface area (Å²) in [7, 11) is 0. The molecule has 0 N–H and O–H groups in total. The molecule has 0 unspecified atom stereocenters. The first-order valence-corrected chi connectivity index (χ1v) is 10.1. The molecule has 4 rings (SSSR count). The van der Waals surface area contributed by atoms with Crippen LogP contribution in [0.15, 0.2) is 48.8 Å². The van der Waals surface area contributed by atoms with Crippen molar-refractivity contribution in [2.24, 2.45) is 5.92 Å². The molecule has 0 amide bonds. The topological polar surface area (TPSA) is 38.2 Å². The van der Waals surface area contributed by atoms with E-state index in [2.05, 4.69) is 21.8 Å². The average Bonchev–Trinajstić information content (AvgIpc) is 2.74. The molecule has 3 aromatic rings. The Labute approximate surface area is 165 Å². The third kappa shape index (κ3) is 4.30. The summed E-state index contributed by atoms with van der Waals surface area (Å²) in [4.78, 5) is 11.2. The van der Waals surface area contributed by atoms with Gasteiger partial charge in [-0.15, -0.1) is 0 Å². The van der Waals surface area contributed by atoms with Crippen molar-refractivity contribution in [3.8, 4) is 17.0 Å². The van der Waals surface area contributed by atoms with Gasteiger partial charge in [-0.05, 0) is 80.2 Å². The number of hydrogen-bond acceptors (Lipinski definition) is 4. The van der Waals surface area contributed by atoms with Crippen molar-refractivity contribution in [2.45, 2.75) is 26.2 Å². The maximum absolute atomic E-state index is 13.6. The predicted octanol–water partition coefficient (Wildman–Crippen LogP) is 4.94. The van der Waals surface area contributed by atoms with E-state index in [1.54, 1.807) is 12.4 Å². The summed E-state index contributed by atoms with van der Waals surface area (Å²) in [5.41, 5.74) is 2.60. The number of ether oxygens (including phenoxy) is 1. The van der Waals surface area contributed by atoms with Gasteiger partial charge in [0.2, 0.25) is 5.88 Å². The summed E-state index contributed by atoms with van der Waals surface area (Å²) < 4.78 is 19.6. The number of nitrogens with zero attached hydrogens (tertiary/aromatic N) is 3. The van der Waals surface area contributed by atoms with Crippen molar-refractivity contribution in [2.75, 3.05) is 26.2 Å². The lowest BCUT2D eigenvalue weighted by Crippen LogP contribution is -2.33. The largest absolute Gasteiger partial charge is 0.477 e. The molecule has 2 aromatic carbocycles. The molecule has 5 heteroatoms. The van der Waals surface area contributed by atoms with E-state index < -0.39 is 0 Å². The molecule has 0 atom stereocenters. The van der Waals surface area contributed by atoms with Crippen LogP contribution in [0.5, 0.6) is 5.88 Å². The van der Waals surface area contributed by atoms with Crippen LogP contribution in [0.2, 0.25) is 0 Å². The van der Waals surface area contributed by atoms with Gasteiger partial charge < -0.3 is 9.64 Å². The number of halogens is 1. The van der Waals surface area contributed by atoms with Crippen molar-refractivity contribution in [3.05, 3.63) is 54.6 Å². The normalized spacial score (nSPS) is 15.8. The average molecular weight is 379 g/mol. The number of aromatic nitrogens is 2. The van der Waals surface area contributed by atoms with Crippen LogP contribution in [0.1, 0.15) is 26.2 Å². The first-order valence-electron chi connectivity index (χ1n) is 10.1. The number of benzene rings is 2. The minimum Gasteiger partial charge on any atom is -0.477 e. The lowest BCUT2D eigenvalue weighted by Gasteiger charge is -2.30. The highest BCUT2D eigenvalue weighted by atomic mass is 19.1. The maximum atomic E-state index is 13.6. The third-order valence-corrected chi connectivity index (χ3v) is 5.68. The lowest BCUT2D eigenvalue weighted by molar-refractivity contribution is 0.168. The maximum Gasteiger partial charge on any atom is 0.224 e. The molecule has 0 aliphatic carbocycles. The second-order valence-electron chi connectivity index (χ2n) is 7.44. The Hall–Kier alpha value is -2.53. The fourth-order valence-corrected chi connectivity index (χ4v) is 3.91. The summed E-state index contributed by atoms with van der Waals surface area (Å²) in [5, 5.41) is 0.866. The van der Waals surface area contributed by atoms with E-state index in [0.29, 0.717) is 12.5 Å². The van der Waals surface area contributed by atoms with Crippen LogP contribution in [0.3, 0.4) is 0 Å². The fraction of sp³-hybridized carbons (Fsp3) is 0.391. The molecule has 1 aromatic heterocycles. The first-order chi connectivity index (χ1) is 13.7. The summed E-state index contributed by atoms with van der Waals surface area (Å²) >= 11 is 0. The summed E-state index contributed by atoms with van der Waals surface area (Å²) in [6, 6.07) is 12.5. The van der Waals surface area contributed by atoms with E-state index >= 15 is 0 Å². The van der Waals surface area contributed by atoms with Gasteiger partial charge in [-0.25, -0.2) is 14.4 Å². The molecule has 1 aliphatic heterocycles. The van der Waals surface area contributed by atoms with Crippen molar-refractivity contribution in [3.63, 3.8) is 0 Å². The van der Waals surface area contributed by atoms with Gasteiger partial charge in [0.25, 0.3) is 0 Å². The Kier molecular flexibility index (Phi) is 5.81. The second kappa shape index (κ2) is 8.65. The molecule has 0 spiro atoms. The molecule has 1 aliphatic rings. The number of piperidine rings is 1. The Morgan fingerprint density at radius 2 is 1.89 bits per heavy atom. The van der Waals surface area contributed by atoms with E-state index in [1.165, 1.54) is 38.1 Å². The third-order valence-electron chi connectivity index (χ3n) is 5.68. The Morgan fingerprint density at radius 3 is 2.68 bits per heavy atom. The highest BCUT2D eigenvalue weighted by Crippen LogP contribution is 2.29. The van der Waals surface area contributed by atoms with Crippen molar-refractivity contribution >= 4 is 10.9 Å². The predicted molar refractivity (Wildman–Crippen MR) is 110 cm³/mol. The minimum absolute atomic E-state index is 0.243. The fourth-order valence-electron chi connectivity index (χ4n) is 3.91. The van der Waals surface area contributed by atoms with E-state index in [9.17, 15) is 4.39 Å². The Balaban J connectivity index is 1.47. The molecule has 1 saturated heterocycles. The van der Waals surface area contributed by atoms with Gasteiger partial charge in [0.05, 0.1) is 17.5 Å². The summed E-state index contributed by atoms with van der Waals surface area (Å²) in [6.45, 7) is 6.40. The molecule has 1 fully saturated rings. The van der Waals surface area contributed by atoms with Crippen molar-refractivity contribution < 1.29 is 9.13 Å². The van der Waals surface area contributed by atoms with Gasteiger partial charge in [0.1, 0.15) is 12.1 Å². The van der Waals surface area contributed by atoms with Gasteiger partial charge in [-0.2, -0.15) is 0 Å². The highest BCUT2D eigenvalue weighted by Gasteiger charge is 2.18. The van der Waals surface area contributed by atoms with Gasteiger partial charge in [-0.3, -0.25) is 0 Å². The summed E-state index contributed by atoms with van der Waals surface area (Å²) in [6.07, 6.45) is 5.07. The van der Waals surface area contributed by atoms with Crippen molar-refractivity contribution in [1.82, 2.24) is 14.9 Å². The van der Waals surface area contributed by atoms with Crippen LogP contribution in [0, 0.1) is 11.7 Å². The number of hydrogen-bond donors (Lipinski definition) is 0. The molecular formula is C23H26FN3O. The highest BCUT2D eigenvalue weighted by molar-refractivity contribution is 5.88. The molecule has 0 radical (unpaired) electrons. The zero-order valence-electron chi connectivity index (χ0n) is 16.3. The Morgan fingerprint density at radius 1 is 1.07 bits per heavy atom. The van der Waals surface area contributed by atoms with Gasteiger partial charge in [-0.1, -0.05) is 25.1 Å². The van der Waals surface area contributed by atoms with Gasteiger partial charge in [0, 0.05) is 0 Å². The first kappa shape index (κ1) is 18.8. The number of rotatable bonds is 6. The van der Waals surface area contributed by atoms with Crippen LogP contribution >= 0.6 is 0 Å². The zero-order chi connectivity index (χ0) is 19.3. The Bertz CT molecular complexity index is 938. The number of fused-ring (bicyclic) bond motifs is 1. The van der Waals surface area contributed by atoms with E-state index in [0.717, 1.165) is 40.9 Å². The SMILES string of the molecule is CCN1CCC(CCOc2ncnc3ccc(-c4cccc(F)c4)cc23)CC1. The second-order valence-corrected chi connectivity index (χ2v) is 7.44. The zero-order valence-corrected chi connectivity index (χ0v) is 16.3. The van der Waals surface area contributed by atoms with E-state index in [4.69, 9.17) is 4.74 Å². The smallest absolute Gasteiger partial charge is 0.224 e. The van der Waals surface area contributed by atoms with Crippen LogP contribution in [-0.2, 0) is 0 Å². The molecule has 4 nitrogen and oxygen atoms in total. The quantitative estimate of drug-likeness (QED) is 0.608. The van der Waals surface area contributed by atoms with Gasteiger partial charge in [0.15, 0.2) is 0 Å². The monoisotopic (exact) mass is 379 g/mol. The van der Waals surface area contributed by atoms with Crippen LogP contribution in [0.4, 0.5) is 4.39 Å². The van der Waals surface area contributed by atoms with E-state index in [-0.39, 0.29) is 5.82 Å². The minimum atomic E-state index is -0.243. The molecule has 146 valence electrons. The molecule has 0 bridgehead atoms. The van der Waals surface area contributed by atoms with Crippen molar-refractivity contribution in [1.29, 1.82) is 0 Å². The van der Waals surface area contributed by atoms with Crippen LogP contribution in [-0.4, -0.2) is 41.1 Å². The van der Waals surface area contributed by atoms with Gasteiger partial charge >= 0.3 is 0 Å². The van der Waals surface area contributed by atoms with Crippen LogP contribution < -0.4 is 4.74 Å². The molecule has 2 heterocycles. The molecule has 28 heavy (non-hydrogen) atoms. The molecular weight excluding hydrogens is 353 g/mol.